The third kappa shape index (κ3) is 3.26. The van der Waals surface area contributed by atoms with Gasteiger partial charge in [-0.2, -0.15) is 0 Å². The quantitative estimate of drug-likeness (QED) is 0.762. The van der Waals surface area contributed by atoms with E-state index in [0.717, 1.165) is 22.5 Å². The van der Waals surface area contributed by atoms with Crippen LogP contribution >= 0.6 is 0 Å². The summed E-state index contributed by atoms with van der Waals surface area (Å²) in [6.07, 6.45) is 2.07. The molecule has 26 heavy (non-hydrogen) atoms. The Kier molecular flexibility index (Phi) is 4.54. The highest BCUT2D eigenvalue weighted by Crippen LogP contribution is 2.31. The molecule has 1 aliphatic heterocycles. The number of hydrogen-bond donors (Lipinski definition) is 2. The molecule has 2 N–H and O–H groups in total. The van der Waals surface area contributed by atoms with Crippen LogP contribution in [0.4, 0.5) is 0 Å². The fourth-order valence-corrected chi connectivity index (χ4v) is 3.51. The number of benzene rings is 2. The maximum Gasteiger partial charge on any atom is 0.227 e. The first kappa shape index (κ1) is 16.5. The normalized spacial score (nSPS) is 16.3. The van der Waals surface area contributed by atoms with Gasteiger partial charge < -0.3 is 15.0 Å². The Balaban J connectivity index is 1.54. The lowest BCUT2D eigenvalue weighted by atomic mass is 9.90. The second-order valence-electron chi connectivity index (χ2n) is 6.66. The van der Waals surface area contributed by atoms with Crippen LogP contribution in [0.5, 0.6) is 0 Å². The summed E-state index contributed by atoms with van der Waals surface area (Å²) in [4.78, 5) is 22.5. The molecule has 0 aliphatic carbocycles. The van der Waals surface area contributed by atoms with Gasteiger partial charge in [0.25, 0.3) is 0 Å². The van der Waals surface area contributed by atoms with Crippen molar-refractivity contribution in [2.45, 2.75) is 25.5 Å². The summed E-state index contributed by atoms with van der Waals surface area (Å²) in [5.74, 6) is 0.190. The molecule has 0 saturated carbocycles. The van der Waals surface area contributed by atoms with Crippen molar-refractivity contribution in [3.63, 3.8) is 0 Å². The van der Waals surface area contributed by atoms with Crippen LogP contribution in [0.2, 0.25) is 0 Å². The fourth-order valence-electron chi connectivity index (χ4n) is 3.51. The molecular formula is C21H21N3O2. The number of H-pyrrole nitrogens is 1. The van der Waals surface area contributed by atoms with Gasteiger partial charge in [-0.1, -0.05) is 54.6 Å². The first-order valence-electron chi connectivity index (χ1n) is 8.78. The zero-order chi connectivity index (χ0) is 17.9. The minimum absolute atomic E-state index is 0.0156. The van der Waals surface area contributed by atoms with E-state index in [-0.39, 0.29) is 18.4 Å². The molecule has 0 bridgehead atoms. The van der Waals surface area contributed by atoms with Gasteiger partial charge in [-0.3, -0.25) is 4.79 Å². The summed E-state index contributed by atoms with van der Waals surface area (Å²) in [6.45, 7) is 1.21. The summed E-state index contributed by atoms with van der Waals surface area (Å²) in [5.41, 5.74) is 5.02. The van der Waals surface area contributed by atoms with Gasteiger partial charge in [0.15, 0.2) is 0 Å². The minimum Gasteiger partial charge on any atom is -0.392 e. The second-order valence-corrected chi connectivity index (χ2v) is 6.66. The molecule has 1 aliphatic rings. The zero-order valence-corrected chi connectivity index (χ0v) is 14.4. The number of fused-ring (bicyclic) bond motifs is 1. The standard InChI is InChI=1S/C21H21N3O2/c25-13-16-8-6-15(7-9-16)10-20(26)24-11-18(17-4-2-1-3-5-17)21-19(12-24)22-14-23-21/h1-9,14,18,25H,10-13H2,(H,22,23). The van der Waals surface area contributed by atoms with Gasteiger partial charge in [-0.25, -0.2) is 4.98 Å². The number of aromatic amines is 1. The van der Waals surface area contributed by atoms with E-state index in [2.05, 4.69) is 22.1 Å². The third-order valence-corrected chi connectivity index (χ3v) is 4.95. The van der Waals surface area contributed by atoms with E-state index in [4.69, 9.17) is 5.11 Å². The van der Waals surface area contributed by atoms with Gasteiger partial charge in [0.2, 0.25) is 5.91 Å². The number of aliphatic hydroxyl groups is 1. The van der Waals surface area contributed by atoms with Crippen molar-refractivity contribution in [3.05, 3.63) is 89.0 Å². The van der Waals surface area contributed by atoms with Crippen molar-refractivity contribution in [3.8, 4) is 0 Å². The van der Waals surface area contributed by atoms with Crippen molar-refractivity contribution in [1.29, 1.82) is 0 Å². The lowest BCUT2D eigenvalue weighted by molar-refractivity contribution is -0.131. The molecule has 132 valence electrons. The molecule has 5 heteroatoms. The Morgan fingerprint density at radius 1 is 1.12 bits per heavy atom. The largest absolute Gasteiger partial charge is 0.392 e. The van der Waals surface area contributed by atoms with E-state index in [1.165, 1.54) is 5.56 Å². The van der Waals surface area contributed by atoms with E-state index in [1.54, 1.807) is 6.33 Å². The second kappa shape index (κ2) is 7.14. The number of nitrogens with one attached hydrogen (secondary N) is 1. The van der Waals surface area contributed by atoms with Gasteiger partial charge in [-0.05, 0) is 16.7 Å². The van der Waals surface area contributed by atoms with Crippen molar-refractivity contribution in [1.82, 2.24) is 14.9 Å². The van der Waals surface area contributed by atoms with Gasteiger partial charge in [0.1, 0.15) is 0 Å². The first-order chi connectivity index (χ1) is 12.7. The summed E-state index contributed by atoms with van der Waals surface area (Å²) in [5, 5.41) is 9.14. The van der Waals surface area contributed by atoms with Crippen LogP contribution in [-0.2, 0) is 24.4 Å². The Morgan fingerprint density at radius 2 is 1.85 bits per heavy atom. The fraction of sp³-hybridized carbons (Fsp3) is 0.238. The number of rotatable bonds is 4. The molecule has 4 rings (SSSR count). The molecule has 1 aromatic heterocycles. The number of hydrogen-bond acceptors (Lipinski definition) is 3. The molecule has 0 saturated heterocycles. The Bertz CT molecular complexity index is 887. The molecular weight excluding hydrogens is 326 g/mol. The smallest absolute Gasteiger partial charge is 0.227 e. The van der Waals surface area contributed by atoms with Crippen molar-refractivity contribution in [2.24, 2.45) is 0 Å². The topological polar surface area (TPSA) is 69.2 Å². The lowest BCUT2D eigenvalue weighted by Gasteiger charge is -2.32. The van der Waals surface area contributed by atoms with E-state index in [0.29, 0.717) is 19.5 Å². The third-order valence-electron chi connectivity index (χ3n) is 4.95. The molecule has 1 amide bonds. The van der Waals surface area contributed by atoms with Gasteiger partial charge in [0.05, 0.1) is 37.3 Å². The number of amides is 1. The molecule has 1 atom stereocenters. The van der Waals surface area contributed by atoms with E-state index in [1.807, 2.05) is 47.4 Å². The number of aromatic nitrogens is 2. The average Bonchev–Trinajstić information content (AvgIpc) is 3.17. The zero-order valence-electron chi connectivity index (χ0n) is 14.4. The first-order valence-corrected chi connectivity index (χ1v) is 8.78. The number of carbonyl (C=O) groups excluding carboxylic acids is 1. The minimum atomic E-state index is 0.0156. The number of nitrogens with zero attached hydrogens (tertiary/aromatic N) is 2. The highest BCUT2D eigenvalue weighted by molar-refractivity contribution is 5.79. The number of aliphatic hydroxyl groups excluding tert-OH is 1. The molecule has 0 spiro atoms. The molecule has 2 aromatic carbocycles. The predicted molar refractivity (Wildman–Crippen MR) is 98.4 cm³/mol. The van der Waals surface area contributed by atoms with Gasteiger partial charge >= 0.3 is 0 Å². The van der Waals surface area contributed by atoms with Crippen LogP contribution in [0.15, 0.2) is 60.9 Å². The van der Waals surface area contributed by atoms with Crippen molar-refractivity contribution < 1.29 is 9.90 Å². The maximum atomic E-state index is 12.9. The van der Waals surface area contributed by atoms with Crippen molar-refractivity contribution >= 4 is 5.91 Å². The molecule has 0 fully saturated rings. The highest BCUT2D eigenvalue weighted by Gasteiger charge is 2.31. The summed E-state index contributed by atoms with van der Waals surface area (Å²) in [7, 11) is 0. The summed E-state index contributed by atoms with van der Waals surface area (Å²) < 4.78 is 0. The monoisotopic (exact) mass is 347 g/mol. The van der Waals surface area contributed by atoms with Crippen LogP contribution in [-0.4, -0.2) is 32.4 Å². The van der Waals surface area contributed by atoms with E-state index < -0.39 is 0 Å². The van der Waals surface area contributed by atoms with Crippen LogP contribution in [0, 0.1) is 0 Å². The van der Waals surface area contributed by atoms with E-state index in [9.17, 15) is 4.79 Å². The van der Waals surface area contributed by atoms with Crippen molar-refractivity contribution in [2.75, 3.05) is 6.54 Å². The molecule has 5 nitrogen and oxygen atoms in total. The van der Waals surface area contributed by atoms with Crippen LogP contribution in [0.25, 0.3) is 0 Å². The summed E-state index contributed by atoms with van der Waals surface area (Å²) in [6, 6.07) is 17.7. The number of carbonyl (C=O) groups is 1. The Hall–Kier alpha value is -2.92. The Labute approximate surface area is 152 Å². The maximum absolute atomic E-state index is 12.9. The predicted octanol–water partition coefficient (Wildman–Crippen LogP) is 2.62. The molecule has 2 heterocycles. The Morgan fingerprint density at radius 3 is 2.58 bits per heavy atom. The van der Waals surface area contributed by atoms with Crippen LogP contribution in [0.1, 0.15) is 34.0 Å². The lowest BCUT2D eigenvalue weighted by Crippen LogP contribution is -2.39. The van der Waals surface area contributed by atoms with Gasteiger partial charge in [0, 0.05) is 12.5 Å². The van der Waals surface area contributed by atoms with Crippen LogP contribution < -0.4 is 0 Å². The van der Waals surface area contributed by atoms with Gasteiger partial charge in [-0.15, -0.1) is 0 Å². The number of imidazole rings is 1. The van der Waals surface area contributed by atoms with E-state index >= 15 is 0 Å². The molecule has 0 radical (unpaired) electrons. The molecule has 1 unspecified atom stereocenters. The SMILES string of the molecule is O=C(Cc1ccc(CO)cc1)N1Cc2[nH]cnc2C(c2ccccc2)C1. The van der Waals surface area contributed by atoms with Crippen LogP contribution in [0.3, 0.4) is 0 Å². The molecule has 3 aromatic rings. The summed E-state index contributed by atoms with van der Waals surface area (Å²) >= 11 is 0. The highest BCUT2D eigenvalue weighted by atomic mass is 16.3. The average molecular weight is 347 g/mol.